The van der Waals surface area contributed by atoms with Crippen molar-refractivity contribution in [1.29, 1.82) is 0 Å². The van der Waals surface area contributed by atoms with Gasteiger partial charge in [-0.2, -0.15) is 0 Å². The number of carboxylic acid groups (broad SMARTS) is 1. The molecule has 0 saturated heterocycles. The third kappa shape index (κ3) is 2.45. The van der Waals surface area contributed by atoms with Gasteiger partial charge >= 0.3 is 0 Å². The summed E-state index contributed by atoms with van der Waals surface area (Å²) in [4.78, 5) is 10.5. The summed E-state index contributed by atoms with van der Waals surface area (Å²) in [5.74, 6) is -1.98. The summed E-state index contributed by atoms with van der Waals surface area (Å²) in [6, 6.07) is 5.65. The molecule has 1 atom stereocenters. The van der Waals surface area contributed by atoms with Crippen LogP contribution in [0.3, 0.4) is 0 Å². The molecule has 0 aliphatic carbocycles. The molecular weight excluding hydrogens is 187 g/mol. The first kappa shape index (κ1) is 10.5. The van der Waals surface area contributed by atoms with Crippen LogP contribution in [0.15, 0.2) is 24.3 Å². The molecule has 4 heteroatoms. The minimum absolute atomic E-state index is 0.0662. The van der Waals surface area contributed by atoms with Gasteiger partial charge in [0.05, 0.1) is 5.97 Å². The zero-order valence-electron chi connectivity index (χ0n) is 7.70. The Morgan fingerprint density at radius 1 is 1.57 bits per heavy atom. The van der Waals surface area contributed by atoms with E-state index in [0.717, 1.165) is 0 Å². The van der Waals surface area contributed by atoms with Crippen molar-refractivity contribution in [3.05, 3.63) is 30.1 Å². The number of hydrogen-bond donors (Lipinski definition) is 0. The number of carbonyl (C=O) groups excluding carboxylic acids is 1. The summed E-state index contributed by atoms with van der Waals surface area (Å²) in [7, 11) is 0. The molecule has 0 saturated carbocycles. The first-order valence-corrected chi connectivity index (χ1v) is 4.27. The van der Waals surface area contributed by atoms with Crippen molar-refractivity contribution in [1.82, 2.24) is 0 Å². The zero-order chi connectivity index (χ0) is 10.6. The van der Waals surface area contributed by atoms with Crippen LogP contribution in [0.4, 0.5) is 4.39 Å². The van der Waals surface area contributed by atoms with Gasteiger partial charge in [-0.1, -0.05) is 19.1 Å². The largest absolute Gasteiger partial charge is 0.546 e. The maximum atomic E-state index is 13.0. The quantitative estimate of drug-likeness (QED) is 0.715. The smallest absolute Gasteiger partial charge is 0.165 e. The molecule has 0 unspecified atom stereocenters. The topological polar surface area (TPSA) is 49.4 Å². The third-order valence-corrected chi connectivity index (χ3v) is 1.74. The van der Waals surface area contributed by atoms with Gasteiger partial charge in [0.15, 0.2) is 11.6 Å². The van der Waals surface area contributed by atoms with Crippen LogP contribution in [0, 0.1) is 5.82 Å². The Balaban J connectivity index is 2.77. The highest BCUT2D eigenvalue weighted by Crippen LogP contribution is 2.17. The van der Waals surface area contributed by atoms with E-state index in [0.29, 0.717) is 0 Å². The van der Waals surface area contributed by atoms with Crippen molar-refractivity contribution >= 4 is 5.97 Å². The molecule has 1 aromatic carbocycles. The molecule has 0 N–H and O–H groups in total. The predicted octanol–water partition coefficient (Wildman–Crippen LogP) is 0.733. The van der Waals surface area contributed by atoms with Crippen molar-refractivity contribution in [3.8, 4) is 5.75 Å². The van der Waals surface area contributed by atoms with Crippen LogP contribution in [0.2, 0.25) is 0 Å². The van der Waals surface area contributed by atoms with Crippen molar-refractivity contribution in [2.24, 2.45) is 0 Å². The molecule has 1 rings (SSSR count). The van der Waals surface area contributed by atoms with Gasteiger partial charge in [-0.25, -0.2) is 4.39 Å². The second-order valence-corrected chi connectivity index (χ2v) is 2.76. The summed E-state index contributed by atoms with van der Waals surface area (Å²) in [5, 5.41) is 10.5. The van der Waals surface area contributed by atoms with Gasteiger partial charge in [-0.15, -0.1) is 0 Å². The van der Waals surface area contributed by atoms with Crippen LogP contribution in [-0.2, 0) is 4.79 Å². The van der Waals surface area contributed by atoms with Crippen LogP contribution >= 0.6 is 0 Å². The van der Waals surface area contributed by atoms with Gasteiger partial charge in [0, 0.05) is 0 Å². The van der Waals surface area contributed by atoms with Gasteiger partial charge in [0.1, 0.15) is 6.10 Å². The molecule has 14 heavy (non-hydrogen) atoms. The number of carbonyl (C=O) groups is 1. The summed E-state index contributed by atoms with van der Waals surface area (Å²) in [5.41, 5.74) is 0. The molecule has 76 valence electrons. The number of ether oxygens (including phenoxy) is 1. The standard InChI is InChI=1S/C10H11FO3/c1-2-8(10(12)13)14-9-6-4-3-5-7(9)11/h3-6,8H,2H2,1H3,(H,12,13)/p-1/t8-/m1/s1. The lowest BCUT2D eigenvalue weighted by atomic mass is 10.2. The maximum absolute atomic E-state index is 13.0. The number of benzene rings is 1. The van der Waals surface area contributed by atoms with E-state index in [9.17, 15) is 14.3 Å². The molecular formula is C10H10FO3-. The number of para-hydroxylation sites is 1. The summed E-state index contributed by atoms with van der Waals surface area (Å²) in [6.07, 6.45) is -0.872. The molecule has 0 aliphatic heterocycles. The van der Waals surface area contributed by atoms with Crippen LogP contribution in [0.25, 0.3) is 0 Å². The van der Waals surface area contributed by atoms with Crippen LogP contribution in [0.1, 0.15) is 13.3 Å². The Morgan fingerprint density at radius 3 is 2.71 bits per heavy atom. The van der Waals surface area contributed by atoms with E-state index in [4.69, 9.17) is 4.74 Å². The number of carboxylic acids is 1. The first-order valence-electron chi connectivity index (χ1n) is 4.27. The van der Waals surface area contributed by atoms with E-state index in [1.54, 1.807) is 13.0 Å². The van der Waals surface area contributed by atoms with E-state index in [2.05, 4.69) is 0 Å². The second-order valence-electron chi connectivity index (χ2n) is 2.76. The number of aliphatic carboxylic acids is 1. The van der Waals surface area contributed by atoms with E-state index in [1.165, 1.54) is 18.2 Å². The second kappa shape index (κ2) is 4.60. The van der Waals surface area contributed by atoms with E-state index in [1.807, 2.05) is 0 Å². The van der Waals surface area contributed by atoms with Gasteiger partial charge in [0.2, 0.25) is 0 Å². The molecule has 0 aliphatic rings. The van der Waals surface area contributed by atoms with Crippen molar-refractivity contribution < 1.29 is 19.0 Å². The Bertz CT molecular complexity index is 325. The Hall–Kier alpha value is -1.58. The van der Waals surface area contributed by atoms with E-state index < -0.39 is 17.9 Å². The lowest BCUT2D eigenvalue weighted by molar-refractivity contribution is -0.313. The average molecular weight is 197 g/mol. The molecule has 0 bridgehead atoms. The number of rotatable bonds is 4. The third-order valence-electron chi connectivity index (χ3n) is 1.74. The molecule has 1 aromatic rings. The average Bonchev–Trinajstić information content (AvgIpc) is 2.16. The molecule has 0 radical (unpaired) electrons. The summed E-state index contributed by atoms with van der Waals surface area (Å²) < 4.78 is 17.9. The number of hydrogen-bond acceptors (Lipinski definition) is 3. The van der Waals surface area contributed by atoms with Crippen molar-refractivity contribution in [3.63, 3.8) is 0 Å². The van der Waals surface area contributed by atoms with Crippen LogP contribution < -0.4 is 9.84 Å². The van der Waals surface area contributed by atoms with Gasteiger partial charge < -0.3 is 14.6 Å². The highest BCUT2D eigenvalue weighted by Gasteiger charge is 2.11. The van der Waals surface area contributed by atoms with E-state index >= 15 is 0 Å². The fourth-order valence-corrected chi connectivity index (χ4v) is 0.992. The summed E-state index contributed by atoms with van der Waals surface area (Å²) >= 11 is 0. The van der Waals surface area contributed by atoms with Crippen LogP contribution in [-0.4, -0.2) is 12.1 Å². The Morgan fingerprint density at radius 2 is 2.21 bits per heavy atom. The summed E-state index contributed by atoms with van der Waals surface area (Å²) in [6.45, 7) is 1.63. The zero-order valence-corrected chi connectivity index (χ0v) is 7.70. The van der Waals surface area contributed by atoms with E-state index in [-0.39, 0.29) is 12.2 Å². The Kier molecular flexibility index (Phi) is 3.45. The number of halogens is 1. The lowest BCUT2D eigenvalue weighted by Gasteiger charge is -2.18. The van der Waals surface area contributed by atoms with Crippen molar-refractivity contribution in [2.45, 2.75) is 19.4 Å². The fraction of sp³-hybridized carbons (Fsp3) is 0.300. The van der Waals surface area contributed by atoms with Crippen molar-refractivity contribution in [2.75, 3.05) is 0 Å². The van der Waals surface area contributed by atoms with Crippen LogP contribution in [0.5, 0.6) is 5.75 Å². The van der Waals surface area contributed by atoms with Gasteiger partial charge in [-0.05, 0) is 18.6 Å². The molecule has 0 amide bonds. The molecule has 3 nitrogen and oxygen atoms in total. The minimum atomic E-state index is -1.34. The fourth-order valence-electron chi connectivity index (χ4n) is 0.992. The minimum Gasteiger partial charge on any atom is -0.546 e. The normalized spacial score (nSPS) is 12.1. The predicted molar refractivity (Wildman–Crippen MR) is 46.1 cm³/mol. The SMILES string of the molecule is CC[C@@H](Oc1ccccc1F)C(=O)[O-]. The molecule has 0 heterocycles. The first-order chi connectivity index (χ1) is 6.65. The highest BCUT2D eigenvalue weighted by molar-refractivity contribution is 5.70. The maximum Gasteiger partial charge on any atom is 0.165 e. The lowest BCUT2D eigenvalue weighted by Crippen LogP contribution is -2.39. The molecule has 0 fully saturated rings. The van der Waals surface area contributed by atoms with Gasteiger partial charge in [-0.3, -0.25) is 0 Å². The molecule has 0 spiro atoms. The monoisotopic (exact) mass is 197 g/mol. The Labute approximate surface area is 81.1 Å². The van der Waals surface area contributed by atoms with Gasteiger partial charge in [0.25, 0.3) is 0 Å². The highest BCUT2D eigenvalue weighted by atomic mass is 19.1. The molecule has 0 aromatic heterocycles.